The molecule has 1 fully saturated rings. The largest absolute Gasteiger partial charge is 0.480 e. The molecule has 0 aliphatic carbocycles. The maximum atomic E-state index is 13.8. The van der Waals surface area contributed by atoms with Crippen LogP contribution < -0.4 is 0 Å². The van der Waals surface area contributed by atoms with Crippen LogP contribution >= 0.6 is 11.6 Å². The lowest BCUT2D eigenvalue weighted by Gasteiger charge is -2.31. The Morgan fingerprint density at radius 2 is 2.26 bits per heavy atom. The third kappa shape index (κ3) is 2.48. The second-order valence-electron chi connectivity index (χ2n) is 4.50. The van der Waals surface area contributed by atoms with Crippen LogP contribution in [0.1, 0.15) is 12.0 Å². The monoisotopic (exact) mass is 286 g/mol. The third-order valence-electron chi connectivity index (χ3n) is 3.29. The summed E-state index contributed by atoms with van der Waals surface area (Å²) < 4.78 is 18.9. The molecule has 0 radical (unpaired) electrons. The molecule has 1 heterocycles. The van der Waals surface area contributed by atoms with Gasteiger partial charge in [-0.1, -0.05) is 23.7 Å². The van der Waals surface area contributed by atoms with Gasteiger partial charge in [0.05, 0.1) is 18.2 Å². The molecule has 0 saturated carbocycles. The number of ketones is 1. The number of carboxylic acids is 1. The Morgan fingerprint density at radius 1 is 1.53 bits per heavy atom. The third-order valence-corrected chi connectivity index (χ3v) is 3.58. The Hall–Kier alpha value is -1.46. The van der Waals surface area contributed by atoms with E-state index in [2.05, 4.69) is 0 Å². The minimum Gasteiger partial charge on any atom is -0.480 e. The zero-order chi connectivity index (χ0) is 14.0. The molecule has 1 aromatic rings. The van der Waals surface area contributed by atoms with Crippen molar-refractivity contribution >= 4 is 23.4 Å². The first-order chi connectivity index (χ1) is 8.97. The summed E-state index contributed by atoms with van der Waals surface area (Å²) in [6.45, 7) is -0.0426. The van der Waals surface area contributed by atoms with Gasteiger partial charge in [0.2, 0.25) is 0 Å². The molecule has 102 valence electrons. The summed E-state index contributed by atoms with van der Waals surface area (Å²) in [5, 5.41) is 9.23. The van der Waals surface area contributed by atoms with Gasteiger partial charge in [-0.2, -0.15) is 0 Å². The lowest BCUT2D eigenvalue weighted by atomic mass is 9.76. The van der Waals surface area contributed by atoms with Gasteiger partial charge in [0.25, 0.3) is 0 Å². The van der Waals surface area contributed by atoms with E-state index in [1.807, 2.05) is 0 Å². The fourth-order valence-corrected chi connectivity index (χ4v) is 2.34. The topological polar surface area (TPSA) is 63.6 Å². The first-order valence-corrected chi connectivity index (χ1v) is 6.12. The second kappa shape index (κ2) is 5.27. The summed E-state index contributed by atoms with van der Waals surface area (Å²) in [6, 6.07) is 4.31. The average molecular weight is 287 g/mol. The van der Waals surface area contributed by atoms with Crippen LogP contribution in [-0.4, -0.2) is 30.1 Å². The maximum absolute atomic E-state index is 13.8. The number of hydrogen-bond acceptors (Lipinski definition) is 3. The fourth-order valence-electron chi connectivity index (χ4n) is 2.15. The van der Waals surface area contributed by atoms with Crippen molar-refractivity contribution in [2.24, 2.45) is 5.41 Å². The minimum absolute atomic E-state index is 0.0223. The minimum atomic E-state index is -1.72. The Balaban J connectivity index is 2.39. The first kappa shape index (κ1) is 14.0. The number of ether oxygens (including phenoxy) is 1. The van der Waals surface area contributed by atoms with E-state index in [9.17, 15) is 19.1 Å². The predicted molar refractivity (Wildman–Crippen MR) is 65.6 cm³/mol. The number of rotatable bonds is 3. The molecular formula is C13H12ClFO4. The summed E-state index contributed by atoms with van der Waals surface area (Å²) in [5.74, 6) is -2.43. The van der Waals surface area contributed by atoms with Crippen molar-refractivity contribution in [3.63, 3.8) is 0 Å². The van der Waals surface area contributed by atoms with Crippen LogP contribution in [0.3, 0.4) is 0 Å². The van der Waals surface area contributed by atoms with Crippen LogP contribution in [0, 0.1) is 11.2 Å². The molecule has 0 spiro atoms. The van der Waals surface area contributed by atoms with Gasteiger partial charge in [0.1, 0.15) is 5.82 Å². The Kier molecular flexibility index (Phi) is 3.87. The fraction of sp³-hybridized carbons (Fsp3) is 0.385. The van der Waals surface area contributed by atoms with Gasteiger partial charge in [0, 0.05) is 12.8 Å². The van der Waals surface area contributed by atoms with Crippen molar-refractivity contribution in [1.29, 1.82) is 0 Å². The van der Waals surface area contributed by atoms with Crippen molar-refractivity contribution in [1.82, 2.24) is 0 Å². The normalized spacial score (nSPS) is 23.4. The molecule has 2 rings (SSSR count). The SMILES string of the molecule is O=C(O)C1(Cc2cccc(Cl)c2F)COCCC1=O. The zero-order valence-electron chi connectivity index (χ0n) is 9.99. The zero-order valence-corrected chi connectivity index (χ0v) is 10.7. The smallest absolute Gasteiger partial charge is 0.319 e. The number of hydrogen-bond donors (Lipinski definition) is 1. The van der Waals surface area contributed by atoms with E-state index in [1.54, 1.807) is 0 Å². The van der Waals surface area contributed by atoms with Gasteiger partial charge >= 0.3 is 5.97 Å². The lowest BCUT2D eigenvalue weighted by molar-refractivity contribution is -0.164. The van der Waals surface area contributed by atoms with Crippen molar-refractivity contribution in [2.45, 2.75) is 12.8 Å². The summed E-state index contributed by atoms with van der Waals surface area (Å²) in [6.07, 6.45) is -0.234. The quantitative estimate of drug-likeness (QED) is 0.864. The highest BCUT2D eigenvalue weighted by molar-refractivity contribution is 6.30. The number of carbonyl (C=O) groups excluding carboxylic acids is 1. The molecule has 1 N–H and O–H groups in total. The highest BCUT2D eigenvalue weighted by Crippen LogP contribution is 2.32. The summed E-state index contributed by atoms with van der Waals surface area (Å²) in [5.41, 5.74) is -1.61. The van der Waals surface area contributed by atoms with Gasteiger partial charge in [-0.25, -0.2) is 4.39 Å². The molecule has 19 heavy (non-hydrogen) atoms. The van der Waals surface area contributed by atoms with Gasteiger partial charge < -0.3 is 9.84 Å². The van der Waals surface area contributed by atoms with Crippen LogP contribution in [0.2, 0.25) is 5.02 Å². The summed E-state index contributed by atoms with van der Waals surface area (Å²) >= 11 is 5.65. The van der Waals surface area contributed by atoms with Gasteiger partial charge in [0.15, 0.2) is 11.2 Å². The molecule has 1 atom stereocenters. The number of benzene rings is 1. The Labute approximate surface area is 114 Å². The van der Waals surface area contributed by atoms with E-state index >= 15 is 0 Å². The van der Waals surface area contributed by atoms with Gasteiger partial charge in [-0.3, -0.25) is 9.59 Å². The molecule has 0 bridgehead atoms. The molecule has 0 aromatic heterocycles. The van der Waals surface area contributed by atoms with Crippen LogP contribution in [0.15, 0.2) is 18.2 Å². The molecular weight excluding hydrogens is 275 g/mol. The molecule has 1 unspecified atom stereocenters. The predicted octanol–water partition coefficient (Wildman–Crippen LogP) is 2.08. The number of aliphatic carboxylic acids is 1. The maximum Gasteiger partial charge on any atom is 0.319 e. The lowest BCUT2D eigenvalue weighted by Crippen LogP contribution is -2.48. The molecule has 0 amide bonds. The number of carboxylic acid groups (broad SMARTS) is 1. The van der Waals surface area contributed by atoms with Crippen molar-refractivity contribution in [2.75, 3.05) is 13.2 Å². The number of carbonyl (C=O) groups is 2. The standard InChI is InChI=1S/C13H12ClFO4/c14-9-3-1-2-8(11(9)15)6-13(12(17)18)7-19-5-4-10(13)16/h1-3H,4-7H2,(H,17,18). The first-order valence-electron chi connectivity index (χ1n) is 5.75. The van der Waals surface area contributed by atoms with Crippen LogP contribution in [-0.2, 0) is 20.7 Å². The van der Waals surface area contributed by atoms with Crippen molar-refractivity contribution in [3.8, 4) is 0 Å². The van der Waals surface area contributed by atoms with Crippen LogP contribution in [0.5, 0.6) is 0 Å². The Bertz CT molecular complexity index is 531. The van der Waals surface area contributed by atoms with E-state index in [-0.39, 0.29) is 36.6 Å². The van der Waals surface area contributed by atoms with E-state index < -0.39 is 23.0 Å². The van der Waals surface area contributed by atoms with Crippen molar-refractivity contribution < 1.29 is 23.8 Å². The second-order valence-corrected chi connectivity index (χ2v) is 4.91. The van der Waals surface area contributed by atoms with E-state index in [4.69, 9.17) is 16.3 Å². The molecule has 6 heteroatoms. The Morgan fingerprint density at radius 3 is 2.89 bits per heavy atom. The summed E-state index contributed by atoms with van der Waals surface area (Å²) in [7, 11) is 0. The molecule has 1 aliphatic heterocycles. The number of halogens is 2. The van der Waals surface area contributed by atoms with Crippen LogP contribution in [0.25, 0.3) is 0 Å². The summed E-state index contributed by atoms with van der Waals surface area (Å²) in [4.78, 5) is 23.4. The molecule has 1 saturated heterocycles. The average Bonchev–Trinajstić information content (AvgIpc) is 2.37. The van der Waals surface area contributed by atoms with Crippen LogP contribution in [0.4, 0.5) is 4.39 Å². The van der Waals surface area contributed by atoms with E-state index in [0.29, 0.717) is 0 Å². The molecule has 1 aromatic carbocycles. The number of Topliss-reactive ketones (excluding diaryl/α,β-unsaturated/α-hetero) is 1. The van der Waals surface area contributed by atoms with E-state index in [1.165, 1.54) is 18.2 Å². The molecule has 4 nitrogen and oxygen atoms in total. The van der Waals surface area contributed by atoms with Crippen molar-refractivity contribution in [3.05, 3.63) is 34.6 Å². The highest BCUT2D eigenvalue weighted by Gasteiger charge is 2.48. The highest BCUT2D eigenvalue weighted by atomic mass is 35.5. The van der Waals surface area contributed by atoms with Gasteiger partial charge in [-0.15, -0.1) is 0 Å². The van der Waals surface area contributed by atoms with Gasteiger partial charge in [-0.05, 0) is 11.6 Å². The molecule has 1 aliphatic rings. The van der Waals surface area contributed by atoms with E-state index in [0.717, 1.165) is 0 Å².